The van der Waals surface area contributed by atoms with E-state index < -0.39 is 0 Å². The molecular formula is C16H24N2O. The molecule has 0 N–H and O–H groups in total. The van der Waals surface area contributed by atoms with E-state index in [0.29, 0.717) is 30.0 Å². The third kappa shape index (κ3) is 2.60. The number of nitrogens with zero attached hydrogens (tertiary/aromatic N) is 2. The molecule has 1 aromatic heterocycles. The van der Waals surface area contributed by atoms with E-state index in [1.54, 1.807) is 0 Å². The van der Waals surface area contributed by atoms with Gasteiger partial charge in [-0.25, -0.2) is 0 Å². The fourth-order valence-electron chi connectivity index (χ4n) is 3.57. The van der Waals surface area contributed by atoms with Crippen molar-refractivity contribution in [1.29, 1.82) is 0 Å². The van der Waals surface area contributed by atoms with Gasteiger partial charge in [-0.2, -0.15) is 5.10 Å². The Morgan fingerprint density at radius 2 is 1.95 bits per heavy atom. The van der Waals surface area contributed by atoms with Crippen LogP contribution in [-0.2, 0) is 18.3 Å². The molecule has 19 heavy (non-hydrogen) atoms. The van der Waals surface area contributed by atoms with E-state index in [-0.39, 0.29) is 0 Å². The summed E-state index contributed by atoms with van der Waals surface area (Å²) in [6.07, 6.45) is 11.2. The van der Waals surface area contributed by atoms with Crippen LogP contribution in [0.2, 0.25) is 0 Å². The number of ketones is 1. The maximum absolute atomic E-state index is 12.6. The second-order valence-corrected chi connectivity index (χ2v) is 6.32. The summed E-state index contributed by atoms with van der Waals surface area (Å²) in [4.78, 5) is 12.6. The fraction of sp³-hybridized carbons (Fsp3) is 0.750. The zero-order chi connectivity index (χ0) is 13.2. The lowest BCUT2D eigenvalue weighted by atomic mass is 9.62. The SMILES string of the molecule is Cn1nccc1CCC(=O)C(C1CCC1)C1CCC1. The standard InChI is InChI=1S/C16H24N2O/c1-18-14(10-11-17-18)8-9-15(19)16(12-4-2-5-12)13-6-3-7-13/h10-13,16H,2-9H2,1H3. The Morgan fingerprint density at radius 1 is 1.32 bits per heavy atom. The lowest BCUT2D eigenvalue weighted by molar-refractivity contribution is -0.129. The second kappa shape index (κ2) is 5.48. The van der Waals surface area contributed by atoms with E-state index in [1.807, 2.05) is 24.0 Å². The topological polar surface area (TPSA) is 34.9 Å². The Balaban J connectivity index is 1.59. The van der Waals surface area contributed by atoms with Crippen molar-refractivity contribution in [2.24, 2.45) is 24.8 Å². The van der Waals surface area contributed by atoms with Crippen LogP contribution in [0.15, 0.2) is 12.3 Å². The average molecular weight is 260 g/mol. The Kier molecular flexibility index (Phi) is 3.72. The Bertz CT molecular complexity index is 429. The van der Waals surface area contributed by atoms with Crippen molar-refractivity contribution < 1.29 is 4.79 Å². The van der Waals surface area contributed by atoms with E-state index in [9.17, 15) is 4.79 Å². The van der Waals surface area contributed by atoms with E-state index in [0.717, 1.165) is 6.42 Å². The van der Waals surface area contributed by atoms with E-state index >= 15 is 0 Å². The number of hydrogen-bond acceptors (Lipinski definition) is 2. The molecule has 104 valence electrons. The lowest BCUT2D eigenvalue weighted by Crippen LogP contribution is -2.38. The number of carbonyl (C=O) groups excluding carboxylic acids is 1. The summed E-state index contributed by atoms with van der Waals surface area (Å²) >= 11 is 0. The Morgan fingerprint density at radius 3 is 2.37 bits per heavy atom. The Hall–Kier alpha value is -1.12. The van der Waals surface area contributed by atoms with E-state index in [4.69, 9.17) is 0 Å². The predicted molar refractivity (Wildman–Crippen MR) is 74.7 cm³/mol. The summed E-state index contributed by atoms with van der Waals surface area (Å²) in [5.74, 6) is 2.33. The van der Waals surface area contributed by atoms with Gasteiger partial charge < -0.3 is 0 Å². The molecule has 1 aromatic rings. The van der Waals surface area contributed by atoms with Gasteiger partial charge >= 0.3 is 0 Å². The normalized spacial score (nSPS) is 20.3. The molecule has 3 rings (SSSR count). The molecule has 2 aliphatic rings. The van der Waals surface area contributed by atoms with Crippen molar-refractivity contribution in [2.45, 2.75) is 51.4 Å². The highest BCUT2D eigenvalue weighted by Crippen LogP contribution is 2.45. The minimum atomic E-state index is 0.385. The van der Waals surface area contributed by atoms with E-state index in [1.165, 1.54) is 44.2 Å². The van der Waals surface area contributed by atoms with Gasteiger partial charge in [0.2, 0.25) is 0 Å². The van der Waals surface area contributed by atoms with Gasteiger partial charge in [-0.05, 0) is 50.0 Å². The van der Waals surface area contributed by atoms with Crippen LogP contribution in [0.4, 0.5) is 0 Å². The molecule has 0 radical (unpaired) electrons. The first kappa shape index (κ1) is 12.9. The molecule has 3 nitrogen and oxygen atoms in total. The number of hydrogen-bond donors (Lipinski definition) is 0. The summed E-state index contributed by atoms with van der Waals surface area (Å²) in [5, 5.41) is 4.17. The van der Waals surface area contributed by atoms with Crippen molar-refractivity contribution >= 4 is 5.78 Å². The molecule has 0 amide bonds. The summed E-state index contributed by atoms with van der Waals surface area (Å²) < 4.78 is 1.88. The number of Topliss-reactive ketones (excluding diaryl/α,β-unsaturated/α-hetero) is 1. The lowest BCUT2D eigenvalue weighted by Gasteiger charge is -2.41. The monoisotopic (exact) mass is 260 g/mol. The van der Waals surface area contributed by atoms with Gasteiger partial charge in [0.15, 0.2) is 0 Å². The molecule has 2 fully saturated rings. The number of aryl methyl sites for hydroxylation is 2. The summed E-state index contributed by atoms with van der Waals surface area (Å²) in [5.41, 5.74) is 1.18. The highest BCUT2D eigenvalue weighted by molar-refractivity contribution is 5.82. The van der Waals surface area contributed by atoms with Crippen molar-refractivity contribution in [3.05, 3.63) is 18.0 Å². The van der Waals surface area contributed by atoms with Crippen LogP contribution in [0.3, 0.4) is 0 Å². The maximum Gasteiger partial charge on any atom is 0.136 e. The molecular weight excluding hydrogens is 236 g/mol. The molecule has 1 heterocycles. The summed E-state index contributed by atoms with van der Waals surface area (Å²) in [6.45, 7) is 0. The third-order valence-electron chi connectivity index (χ3n) is 5.24. The molecule has 0 bridgehead atoms. The molecule has 3 heteroatoms. The summed E-state index contributed by atoms with van der Waals surface area (Å²) in [7, 11) is 1.95. The minimum Gasteiger partial charge on any atom is -0.299 e. The van der Waals surface area contributed by atoms with Gasteiger partial charge in [0.25, 0.3) is 0 Å². The van der Waals surface area contributed by atoms with Gasteiger partial charge in [0, 0.05) is 31.3 Å². The molecule has 0 saturated heterocycles. The molecule has 0 unspecified atom stereocenters. The number of carbonyl (C=O) groups is 1. The first-order chi connectivity index (χ1) is 9.25. The van der Waals surface area contributed by atoms with Crippen LogP contribution in [-0.4, -0.2) is 15.6 Å². The van der Waals surface area contributed by atoms with Gasteiger partial charge in [-0.3, -0.25) is 9.48 Å². The zero-order valence-corrected chi connectivity index (χ0v) is 11.8. The highest BCUT2D eigenvalue weighted by Gasteiger charge is 2.39. The van der Waals surface area contributed by atoms with Crippen molar-refractivity contribution in [1.82, 2.24) is 9.78 Å². The van der Waals surface area contributed by atoms with Gasteiger partial charge in [-0.15, -0.1) is 0 Å². The molecule has 0 aromatic carbocycles. The average Bonchev–Trinajstić information content (AvgIpc) is 2.66. The zero-order valence-electron chi connectivity index (χ0n) is 11.8. The van der Waals surface area contributed by atoms with Gasteiger partial charge in [0.05, 0.1) is 0 Å². The predicted octanol–water partition coefficient (Wildman–Crippen LogP) is 3.14. The van der Waals surface area contributed by atoms with Crippen LogP contribution in [0, 0.1) is 17.8 Å². The quantitative estimate of drug-likeness (QED) is 0.787. The summed E-state index contributed by atoms with van der Waals surface area (Å²) in [6, 6.07) is 2.02. The van der Waals surface area contributed by atoms with Crippen LogP contribution >= 0.6 is 0 Å². The van der Waals surface area contributed by atoms with Crippen LogP contribution in [0.5, 0.6) is 0 Å². The first-order valence-electron chi connectivity index (χ1n) is 7.75. The third-order valence-corrected chi connectivity index (χ3v) is 5.24. The minimum absolute atomic E-state index is 0.385. The number of aromatic nitrogens is 2. The van der Waals surface area contributed by atoms with Crippen LogP contribution in [0.1, 0.15) is 50.6 Å². The fourth-order valence-corrected chi connectivity index (χ4v) is 3.57. The van der Waals surface area contributed by atoms with Crippen molar-refractivity contribution in [3.8, 4) is 0 Å². The van der Waals surface area contributed by atoms with Crippen LogP contribution < -0.4 is 0 Å². The Labute approximate surface area is 115 Å². The van der Waals surface area contributed by atoms with E-state index in [2.05, 4.69) is 5.10 Å². The molecule has 0 aliphatic heterocycles. The molecule has 2 saturated carbocycles. The largest absolute Gasteiger partial charge is 0.299 e. The van der Waals surface area contributed by atoms with Gasteiger partial charge in [0.1, 0.15) is 5.78 Å². The van der Waals surface area contributed by atoms with Crippen molar-refractivity contribution in [3.63, 3.8) is 0 Å². The number of rotatable bonds is 6. The van der Waals surface area contributed by atoms with Gasteiger partial charge in [-0.1, -0.05) is 12.8 Å². The maximum atomic E-state index is 12.6. The molecule has 0 spiro atoms. The molecule has 2 aliphatic carbocycles. The molecule has 0 atom stereocenters. The first-order valence-corrected chi connectivity index (χ1v) is 7.75. The van der Waals surface area contributed by atoms with Crippen molar-refractivity contribution in [2.75, 3.05) is 0 Å². The van der Waals surface area contributed by atoms with Crippen LogP contribution in [0.25, 0.3) is 0 Å². The highest BCUT2D eigenvalue weighted by atomic mass is 16.1. The smallest absolute Gasteiger partial charge is 0.136 e. The second-order valence-electron chi connectivity index (χ2n) is 6.32.